The van der Waals surface area contributed by atoms with Crippen LogP contribution in [0.5, 0.6) is 5.75 Å². The van der Waals surface area contributed by atoms with Crippen molar-refractivity contribution in [3.8, 4) is 22.7 Å². The Morgan fingerprint density at radius 1 is 0.909 bits per heavy atom. The number of benzene rings is 2. The van der Waals surface area contributed by atoms with Gasteiger partial charge in [0.15, 0.2) is 0 Å². The second kappa shape index (κ2) is 5.18. The van der Waals surface area contributed by atoms with Crippen molar-refractivity contribution < 1.29 is 18.3 Å². The van der Waals surface area contributed by atoms with Crippen LogP contribution in [0.25, 0.3) is 16.9 Å². The fraction of sp³-hybridized carbons (Fsp3) is 0.0667. The Hall–Kier alpha value is -2.83. The molecule has 3 rings (SSSR count). The molecule has 0 aliphatic rings. The van der Waals surface area contributed by atoms with E-state index in [0.717, 1.165) is 17.7 Å². The number of phenols is 1. The van der Waals surface area contributed by atoms with Crippen molar-refractivity contribution in [2.45, 2.75) is 6.18 Å². The number of hydrogen-bond donors (Lipinski definition) is 1. The summed E-state index contributed by atoms with van der Waals surface area (Å²) in [7, 11) is 0. The molecule has 0 bridgehead atoms. The molecular formula is C15H10F3N3O. The smallest absolute Gasteiger partial charge is 0.416 e. The summed E-state index contributed by atoms with van der Waals surface area (Å²) in [6, 6.07) is 11.1. The van der Waals surface area contributed by atoms with Gasteiger partial charge in [0.1, 0.15) is 11.4 Å². The molecule has 7 heteroatoms. The Morgan fingerprint density at radius 3 is 2.14 bits per heavy atom. The Balaban J connectivity index is 1.89. The zero-order chi connectivity index (χ0) is 15.7. The zero-order valence-corrected chi connectivity index (χ0v) is 11.1. The second-order valence-corrected chi connectivity index (χ2v) is 4.64. The van der Waals surface area contributed by atoms with E-state index in [1.165, 1.54) is 28.9 Å². The minimum atomic E-state index is -4.36. The van der Waals surface area contributed by atoms with Gasteiger partial charge in [-0.15, -0.1) is 5.10 Å². The summed E-state index contributed by atoms with van der Waals surface area (Å²) in [5.41, 5.74) is 1.07. The predicted molar refractivity (Wildman–Crippen MR) is 73.5 cm³/mol. The third kappa shape index (κ3) is 2.78. The molecule has 4 nitrogen and oxygen atoms in total. The van der Waals surface area contributed by atoms with E-state index in [0.29, 0.717) is 11.4 Å². The van der Waals surface area contributed by atoms with Crippen molar-refractivity contribution in [1.82, 2.24) is 15.0 Å². The number of aromatic hydroxyl groups is 1. The molecule has 0 aliphatic heterocycles. The summed E-state index contributed by atoms with van der Waals surface area (Å²) in [5, 5.41) is 17.1. The first-order chi connectivity index (χ1) is 10.4. The minimum absolute atomic E-state index is 0.138. The van der Waals surface area contributed by atoms with E-state index in [1.807, 2.05) is 0 Å². The van der Waals surface area contributed by atoms with Crippen molar-refractivity contribution in [2.75, 3.05) is 0 Å². The largest absolute Gasteiger partial charge is 0.508 e. The monoisotopic (exact) mass is 305 g/mol. The van der Waals surface area contributed by atoms with Crippen LogP contribution < -0.4 is 0 Å². The van der Waals surface area contributed by atoms with Gasteiger partial charge in [0.2, 0.25) is 0 Å². The lowest BCUT2D eigenvalue weighted by Gasteiger charge is -2.07. The van der Waals surface area contributed by atoms with Gasteiger partial charge in [-0.1, -0.05) is 5.21 Å². The lowest BCUT2D eigenvalue weighted by molar-refractivity contribution is -0.137. The molecule has 1 aromatic heterocycles. The topological polar surface area (TPSA) is 50.9 Å². The van der Waals surface area contributed by atoms with Gasteiger partial charge in [-0.3, -0.25) is 0 Å². The first-order valence-electron chi connectivity index (χ1n) is 6.33. The number of hydrogen-bond acceptors (Lipinski definition) is 3. The van der Waals surface area contributed by atoms with Gasteiger partial charge >= 0.3 is 6.18 Å². The van der Waals surface area contributed by atoms with Crippen LogP contribution in [-0.4, -0.2) is 20.1 Å². The molecule has 0 saturated heterocycles. The van der Waals surface area contributed by atoms with Gasteiger partial charge in [0, 0.05) is 5.56 Å². The standard InChI is InChI=1S/C15H10F3N3O/c16-15(17,18)11-3-5-12(6-4-11)21-9-14(19-20-21)10-1-7-13(22)8-2-10/h1-9,22H. The van der Waals surface area contributed by atoms with E-state index in [1.54, 1.807) is 18.3 Å². The van der Waals surface area contributed by atoms with Crippen LogP contribution in [0.1, 0.15) is 5.56 Å². The van der Waals surface area contributed by atoms with E-state index >= 15 is 0 Å². The molecular weight excluding hydrogens is 295 g/mol. The van der Waals surface area contributed by atoms with Crippen LogP contribution >= 0.6 is 0 Å². The number of phenolic OH excluding ortho intramolecular Hbond substituents is 1. The van der Waals surface area contributed by atoms with Crippen LogP contribution in [0.4, 0.5) is 13.2 Å². The highest BCUT2D eigenvalue weighted by molar-refractivity contribution is 5.59. The minimum Gasteiger partial charge on any atom is -0.508 e. The second-order valence-electron chi connectivity index (χ2n) is 4.64. The number of alkyl halides is 3. The van der Waals surface area contributed by atoms with E-state index in [2.05, 4.69) is 10.3 Å². The molecule has 1 heterocycles. The number of aromatic nitrogens is 3. The van der Waals surface area contributed by atoms with E-state index < -0.39 is 11.7 Å². The number of nitrogens with zero attached hydrogens (tertiary/aromatic N) is 3. The summed E-state index contributed by atoms with van der Waals surface area (Å²) in [6.07, 6.45) is -2.76. The quantitative estimate of drug-likeness (QED) is 0.786. The molecule has 1 N–H and O–H groups in total. The predicted octanol–water partition coefficient (Wildman–Crippen LogP) is 3.66. The summed E-state index contributed by atoms with van der Waals surface area (Å²) in [4.78, 5) is 0. The fourth-order valence-electron chi connectivity index (χ4n) is 1.96. The molecule has 0 saturated carbocycles. The van der Waals surface area contributed by atoms with E-state index in [4.69, 9.17) is 0 Å². The maximum absolute atomic E-state index is 12.5. The Kier molecular flexibility index (Phi) is 3.32. The van der Waals surface area contributed by atoms with Gasteiger partial charge in [0.05, 0.1) is 17.4 Å². The molecule has 0 amide bonds. The normalized spacial score (nSPS) is 11.6. The highest BCUT2D eigenvalue weighted by Crippen LogP contribution is 2.29. The highest BCUT2D eigenvalue weighted by atomic mass is 19.4. The summed E-state index contributed by atoms with van der Waals surface area (Å²) >= 11 is 0. The van der Waals surface area contributed by atoms with Crippen LogP contribution in [0.2, 0.25) is 0 Å². The van der Waals surface area contributed by atoms with E-state index in [9.17, 15) is 18.3 Å². The van der Waals surface area contributed by atoms with Crippen LogP contribution in [0.3, 0.4) is 0 Å². The third-order valence-electron chi connectivity index (χ3n) is 3.12. The van der Waals surface area contributed by atoms with Gasteiger partial charge in [0.25, 0.3) is 0 Å². The lowest BCUT2D eigenvalue weighted by atomic mass is 10.1. The van der Waals surface area contributed by atoms with E-state index in [-0.39, 0.29) is 5.75 Å². The van der Waals surface area contributed by atoms with Crippen LogP contribution in [-0.2, 0) is 6.18 Å². The molecule has 0 unspecified atom stereocenters. The molecule has 0 fully saturated rings. The van der Waals surface area contributed by atoms with Crippen LogP contribution in [0.15, 0.2) is 54.7 Å². The molecule has 0 aliphatic carbocycles. The maximum atomic E-state index is 12.5. The average molecular weight is 305 g/mol. The first kappa shape index (κ1) is 14.1. The highest BCUT2D eigenvalue weighted by Gasteiger charge is 2.30. The van der Waals surface area contributed by atoms with Crippen molar-refractivity contribution in [3.05, 3.63) is 60.3 Å². The van der Waals surface area contributed by atoms with Crippen molar-refractivity contribution in [1.29, 1.82) is 0 Å². The zero-order valence-electron chi connectivity index (χ0n) is 11.1. The summed E-state index contributed by atoms with van der Waals surface area (Å²) in [6.45, 7) is 0. The fourth-order valence-corrected chi connectivity index (χ4v) is 1.96. The van der Waals surface area contributed by atoms with Gasteiger partial charge in [-0.2, -0.15) is 13.2 Å². The van der Waals surface area contributed by atoms with Gasteiger partial charge in [-0.25, -0.2) is 4.68 Å². The Bertz CT molecular complexity index is 777. The molecule has 0 radical (unpaired) electrons. The Labute approximate surface area is 123 Å². The third-order valence-corrected chi connectivity index (χ3v) is 3.12. The number of halogens is 3. The van der Waals surface area contributed by atoms with Crippen LogP contribution in [0, 0.1) is 0 Å². The molecule has 0 atom stereocenters. The molecule has 2 aromatic carbocycles. The van der Waals surface area contributed by atoms with Crippen molar-refractivity contribution in [2.24, 2.45) is 0 Å². The molecule has 112 valence electrons. The lowest BCUT2D eigenvalue weighted by Crippen LogP contribution is -2.05. The van der Waals surface area contributed by atoms with Gasteiger partial charge in [-0.05, 0) is 48.5 Å². The maximum Gasteiger partial charge on any atom is 0.416 e. The first-order valence-corrected chi connectivity index (χ1v) is 6.33. The molecule has 0 spiro atoms. The molecule has 3 aromatic rings. The summed E-state index contributed by atoms with van der Waals surface area (Å²) < 4.78 is 39.0. The Morgan fingerprint density at radius 2 is 1.55 bits per heavy atom. The summed E-state index contributed by atoms with van der Waals surface area (Å²) in [5.74, 6) is 0.138. The van der Waals surface area contributed by atoms with Crippen molar-refractivity contribution in [3.63, 3.8) is 0 Å². The molecule has 22 heavy (non-hydrogen) atoms. The number of rotatable bonds is 2. The average Bonchev–Trinajstić information content (AvgIpc) is 2.97. The van der Waals surface area contributed by atoms with Gasteiger partial charge < -0.3 is 5.11 Å². The van der Waals surface area contributed by atoms with Crippen molar-refractivity contribution >= 4 is 0 Å². The SMILES string of the molecule is Oc1ccc(-c2cn(-c3ccc(C(F)(F)F)cc3)nn2)cc1.